The Bertz CT molecular complexity index is 494. The average molecular weight is 287 g/mol. The molecule has 0 aliphatic rings. The Kier molecular flexibility index (Phi) is 5.42. The van der Waals surface area contributed by atoms with Crippen molar-refractivity contribution >= 4 is 11.9 Å². The van der Waals surface area contributed by atoms with Gasteiger partial charge in [0.25, 0.3) is 5.91 Å². The lowest BCUT2D eigenvalue weighted by Crippen LogP contribution is -2.32. The zero-order valence-electron chi connectivity index (χ0n) is 11.1. The third-order valence-corrected chi connectivity index (χ3v) is 2.30. The predicted octanol–water partition coefficient (Wildman–Crippen LogP) is 1.81. The highest BCUT2D eigenvalue weighted by atomic mass is 19.1. The molecule has 20 heavy (non-hydrogen) atoms. The molecule has 0 unspecified atom stereocenters. The maximum Gasteiger partial charge on any atom is 0.335 e. The van der Waals surface area contributed by atoms with Gasteiger partial charge < -0.3 is 15.2 Å². The topological polar surface area (TPSA) is 75.6 Å². The molecule has 5 nitrogen and oxygen atoms in total. The minimum absolute atomic E-state index is 0.238. The molecule has 2 N–H and O–H groups in total. The molecule has 0 aliphatic heterocycles. The summed E-state index contributed by atoms with van der Waals surface area (Å²) in [6, 6.07) is 1.26. The van der Waals surface area contributed by atoms with E-state index in [1.165, 1.54) is 0 Å². The summed E-state index contributed by atoms with van der Waals surface area (Å²) in [7, 11) is 0. The minimum Gasteiger partial charge on any atom is -0.478 e. The quantitative estimate of drug-likeness (QED) is 0.836. The number of carboxylic acids is 1. The predicted molar refractivity (Wildman–Crippen MR) is 66.7 cm³/mol. The highest BCUT2D eigenvalue weighted by Crippen LogP contribution is 2.23. The lowest BCUT2D eigenvalue weighted by molar-refractivity contribution is -0.123. The van der Waals surface area contributed by atoms with Gasteiger partial charge >= 0.3 is 5.97 Å². The molecule has 0 saturated heterocycles. The van der Waals surface area contributed by atoms with E-state index in [9.17, 15) is 18.4 Å². The van der Waals surface area contributed by atoms with Gasteiger partial charge in [-0.25, -0.2) is 13.6 Å². The van der Waals surface area contributed by atoms with Crippen LogP contribution < -0.4 is 10.1 Å². The highest BCUT2D eigenvalue weighted by molar-refractivity contribution is 5.87. The third kappa shape index (κ3) is 4.49. The number of hydrogen-bond donors (Lipinski definition) is 2. The summed E-state index contributed by atoms with van der Waals surface area (Å²) >= 11 is 0. The van der Waals surface area contributed by atoms with E-state index in [4.69, 9.17) is 9.84 Å². The molecule has 0 radical (unpaired) electrons. The first-order valence-electron chi connectivity index (χ1n) is 5.93. The molecule has 1 rings (SSSR count). The first-order chi connectivity index (χ1) is 9.31. The Morgan fingerprint density at radius 1 is 1.30 bits per heavy atom. The standard InChI is InChI=1S/C13H15F2NO4/c1-7(2)5-16-11(17)6-20-12-9(14)3-8(13(18)19)4-10(12)15/h3-4,7H,5-6H2,1-2H3,(H,16,17)(H,18,19). The zero-order valence-corrected chi connectivity index (χ0v) is 11.1. The van der Waals surface area contributed by atoms with Crippen molar-refractivity contribution in [3.63, 3.8) is 0 Å². The molecule has 0 spiro atoms. The van der Waals surface area contributed by atoms with Crippen LogP contribution in [-0.2, 0) is 4.79 Å². The van der Waals surface area contributed by atoms with E-state index < -0.39 is 41.4 Å². The van der Waals surface area contributed by atoms with Crippen LogP contribution in [0.3, 0.4) is 0 Å². The van der Waals surface area contributed by atoms with Crippen molar-refractivity contribution in [2.45, 2.75) is 13.8 Å². The Morgan fingerprint density at radius 2 is 1.85 bits per heavy atom. The molecule has 0 aliphatic carbocycles. The fraction of sp³-hybridized carbons (Fsp3) is 0.385. The normalized spacial score (nSPS) is 10.4. The summed E-state index contributed by atoms with van der Waals surface area (Å²) < 4.78 is 31.7. The van der Waals surface area contributed by atoms with Crippen LogP contribution in [0.2, 0.25) is 0 Å². The smallest absolute Gasteiger partial charge is 0.335 e. The zero-order chi connectivity index (χ0) is 15.3. The number of aromatic carboxylic acids is 1. The van der Waals surface area contributed by atoms with E-state index in [1.807, 2.05) is 13.8 Å². The number of carboxylic acid groups (broad SMARTS) is 1. The first kappa shape index (κ1) is 15.9. The number of halogens is 2. The van der Waals surface area contributed by atoms with Crippen molar-refractivity contribution in [3.8, 4) is 5.75 Å². The number of benzene rings is 1. The minimum atomic E-state index is -1.45. The molecule has 0 aromatic heterocycles. The summed E-state index contributed by atoms with van der Waals surface area (Å²) in [5.41, 5.74) is -0.531. The maximum atomic E-state index is 13.5. The van der Waals surface area contributed by atoms with Crippen molar-refractivity contribution in [1.29, 1.82) is 0 Å². The number of rotatable bonds is 6. The van der Waals surface area contributed by atoms with Crippen molar-refractivity contribution in [3.05, 3.63) is 29.3 Å². The van der Waals surface area contributed by atoms with E-state index >= 15 is 0 Å². The molecular formula is C13H15F2NO4. The second kappa shape index (κ2) is 6.83. The van der Waals surface area contributed by atoms with Crippen molar-refractivity contribution < 1.29 is 28.2 Å². The van der Waals surface area contributed by atoms with Crippen LogP contribution in [0.5, 0.6) is 5.75 Å². The van der Waals surface area contributed by atoms with Gasteiger partial charge in [-0.1, -0.05) is 13.8 Å². The number of amides is 1. The van der Waals surface area contributed by atoms with Gasteiger partial charge in [-0.15, -0.1) is 0 Å². The number of carbonyl (C=O) groups is 2. The average Bonchev–Trinajstić information content (AvgIpc) is 2.34. The summed E-state index contributed by atoms with van der Waals surface area (Å²) in [5.74, 6) is -4.83. The van der Waals surface area contributed by atoms with Crippen LogP contribution in [-0.4, -0.2) is 30.1 Å². The van der Waals surface area contributed by atoms with Crippen molar-refractivity contribution in [2.75, 3.05) is 13.2 Å². The summed E-state index contributed by atoms with van der Waals surface area (Å²) in [6.45, 7) is 3.66. The molecular weight excluding hydrogens is 272 g/mol. The molecule has 110 valence electrons. The van der Waals surface area contributed by atoms with E-state index in [0.29, 0.717) is 18.7 Å². The summed E-state index contributed by atoms with van der Waals surface area (Å²) in [5, 5.41) is 11.1. The van der Waals surface area contributed by atoms with Gasteiger partial charge in [0.05, 0.1) is 5.56 Å². The molecule has 0 bridgehead atoms. The fourth-order valence-corrected chi connectivity index (χ4v) is 1.33. The van der Waals surface area contributed by atoms with Gasteiger partial charge in [-0.05, 0) is 18.1 Å². The number of nitrogens with one attached hydrogen (secondary N) is 1. The van der Waals surface area contributed by atoms with Gasteiger partial charge in [-0.3, -0.25) is 4.79 Å². The van der Waals surface area contributed by atoms with Crippen LogP contribution >= 0.6 is 0 Å². The lowest BCUT2D eigenvalue weighted by Gasteiger charge is -2.10. The molecule has 0 heterocycles. The Morgan fingerprint density at radius 3 is 2.30 bits per heavy atom. The lowest BCUT2D eigenvalue weighted by atomic mass is 10.2. The van der Waals surface area contributed by atoms with E-state index in [0.717, 1.165) is 0 Å². The number of carbonyl (C=O) groups excluding carboxylic acids is 1. The van der Waals surface area contributed by atoms with E-state index in [2.05, 4.69) is 5.32 Å². The van der Waals surface area contributed by atoms with E-state index in [1.54, 1.807) is 0 Å². The summed E-state index contributed by atoms with van der Waals surface area (Å²) in [4.78, 5) is 21.9. The van der Waals surface area contributed by atoms with Gasteiger partial charge in [0.2, 0.25) is 0 Å². The summed E-state index contributed by atoms with van der Waals surface area (Å²) in [6.07, 6.45) is 0. The Hall–Kier alpha value is -2.18. The first-order valence-corrected chi connectivity index (χ1v) is 5.93. The van der Waals surface area contributed by atoms with Crippen LogP contribution in [0.1, 0.15) is 24.2 Å². The van der Waals surface area contributed by atoms with Crippen LogP contribution in [0, 0.1) is 17.6 Å². The van der Waals surface area contributed by atoms with Crippen molar-refractivity contribution in [1.82, 2.24) is 5.32 Å². The molecule has 1 aromatic carbocycles. The third-order valence-electron chi connectivity index (χ3n) is 2.30. The number of hydrogen-bond acceptors (Lipinski definition) is 3. The van der Waals surface area contributed by atoms with Crippen LogP contribution in [0.15, 0.2) is 12.1 Å². The SMILES string of the molecule is CC(C)CNC(=O)COc1c(F)cc(C(=O)O)cc1F. The van der Waals surface area contributed by atoms with Crippen LogP contribution in [0.25, 0.3) is 0 Å². The fourth-order valence-electron chi connectivity index (χ4n) is 1.33. The monoisotopic (exact) mass is 287 g/mol. The van der Waals surface area contributed by atoms with E-state index in [-0.39, 0.29) is 5.92 Å². The Balaban J connectivity index is 2.69. The highest BCUT2D eigenvalue weighted by Gasteiger charge is 2.17. The molecule has 7 heteroatoms. The van der Waals surface area contributed by atoms with Gasteiger partial charge in [-0.2, -0.15) is 0 Å². The molecule has 0 saturated carbocycles. The van der Waals surface area contributed by atoms with Gasteiger partial charge in [0, 0.05) is 6.54 Å². The Labute approximate surface area is 114 Å². The molecule has 0 atom stereocenters. The molecule has 1 aromatic rings. The van der Waals surface area contributed by atoms with Gasteiger partial charge in [0.1, 0.15) is 0 Å². The second-order valence-electron chi connectivity index (χ2n) is 4.56. The molecule has 0 fully saturated rings. The maximum absolute atomic E-state index is 13.5. The van der Waals surface area contributed by atoms with Crippen LogP contribution in [0.4, 0.5) is 8.78 Å². The number of ether oxygens (including phenoxy) is 1. The second-order valence-corrected chi connectivity index (χ2v) is 4.56. The largest absolute Gasteiger partial charge is 0.478 e. The molecule has 1 amide bonds. The van der Waals surface area contributed by atoms with Crippen molar-refractivity contribution in [2.24, 2.45) is 5.92 Å². The van der Waals surface area contributed by atoms with Gasteiger partial charge in [0.15, 0.2) is 24.0 Å².